The molecule has 2 heteroatoms. The molecule has 1 aliphatic rings. The lowest BCUT2D eigenvalue weighted by Gasteiger charge is -2.22. The van der Waals surface area contributed by atoms with Crippen molar-refractivity contribution in [3.8, 4) is 12.3 Å². The van der Waals surface area contributed by atoms with Gasteiger partial charge in [0.1, 0.15) is 0 Å². The maximum absolute atomic E-state index is 5.47. The van der Waals surface area contributed by atoms with E-state index in [1.807, 2.05) is 0 Å². The standard InChI is InChI=1S/C11H19NO/c1-4-6-10(5-2)12-11-7-8-13-9(11)3/h1,9-12H,5-8H2,2-3H3. The van der Waals surface area contributed by atoms with Crippen molar-refractivity contribution in [3.63, 3.8) is 0 Å². The van der Waals surface area contributed by atoms with Crippen molar-refractivity contribution in [3.05, 3.63) is 0 Å². The number of hydrogen-bond acceptors (Lipinski definition) is 2. The fourth-order valence-corrected chi connectivity index (χ4v) is 1.72. The van der Waals surface area contributed by atoms with E-state index >= 15 is 0 Å². The summed E-state index contributed by atoms with van der Waals surface area (Å²) < 4.78 is 5.47. The molecule has 1 heterocycles. The summed E-state index contributed by atoms with van der Waals surface area (Å²) in [5.41, 5.74) is 0. The summed E-state index contributed by atoms with van der Waals surface area (Å²) in [6.45, 7) is 5.16. The lowest BCUT2D eigenvalue weighted by atomic mass is 10.1. The van der Waals surface area contributed by atoms with Crippen LogP contribution in [0.1, 0.15) is 33.1 Å². The Morgan fingerprint density at radius 3 is 2.92 bits per heavy atom. The molecule has 0 aromatic heterocycles. The Balaban J connectivity index is 2.32. The SMILES string of the molecule is C#CCC(CC)NC1CCOC1C. The third-order valence-electron chi connectivity index (χ3n) is 2.68. The van der Waals surface area contributed by atoms with E-state index in [0.717, 1.165) is 25.9 Å². The normalized spacial score (nSPS) is 29.9. The van der Waals surface area contributed by atoms with Gasteiger partial charge in [0.2, 0.25) is 0 Å². The molecule has 0 spiro atoms. The minimum atomic E-state index is 0.340. The molecule has 0 aromatic carbocycles. The highest BCUT2D eigenvalue weighted by Crippen LogP contribution is 2.14. The molecule has 1 rings (SSSR count). The van der Waals surface area contributed by atoms with Gasteiger partial charge in [0.15, 0.2) is 0 Å². The van der Waals surface area contributed by atoms with Gasteiger partial charge in [0, 0.05) is 25.1 Å². The number of rotatable bonds is 4. The Hall–Kier alpha value is -0.520. The number of hydrogen-bond donors (Lipinski definition) is 1. The van der Waals surface area contributed by atoms with Crippen molar-refractivity contribution in [1.29, 1.82) is 0 Å². The minimum Gasteiger partial charge on any atom is -0.377 e. The Labute approximate surface area is 81.0 Å². The highest BCUT2D eigenvalue weighted by Gasteiger charge is 2.25. The molecule has 1 N–H and O–H groups in total. The van der Waals surface area contributed by atoms with E-state index in [-0.39, 0.29) is 0 Å². The van der Waals surface area contributed by atoms with E-state index in [4.69, 9.17) is 11.2 Å². The molecule has 1 aliphatic heterocycles. The summed E-state index contributed by atoms with van der Waals surface area (Å²) in [6, 6.07) is 0.956. The topological polar surface area (TPSA) is 21.3 Å². The molecule has 74 valence electrons. The van der Waals surface area contributed by atoms with Crippen molar-refractivity contribution in [2.24, 2.45) is 0 Å². The van der Waals surface area contributed by atoms with Crippen LogP contribution in [0.25, 0.3) is 0 Å². The van der Waals surface area contributed by atoms with Crippen LogP contribution in [-0.2, 0) is 4.74 Å². The molecule has 0 aliphatic carbocycles. The first-order chi connectivity index (χ1) is 6.27. The molecular formula is C11H19NO. The summed E-state index contributed by atoms with van der Waals surface area (Å²) in [5, 5.41) is 3.55. The summed E-state index contributed by atoms with van der Waals surface area (Å²) in [5.74, 6) is 2.70. The summed E-state index contributed by atoms with van der Waals surface area (Å²) in [6.07, 6.45) is 8.66. The third kappa shape index (κ3) is 3.02. The van der Waals surface area contributed by atoms with Crippen molar-refractivity contribution in [2.45, 2.75) is 51.3 Å². The van der Waals surface area contributed by atoms with Gasteiger partial charge < -0.3 is 10.1 Å². The molecule has 0 bridgehead atoms. The van der Waals surface area contributed by atoms with Gasteiger partial charge in [-0.1, -0.05) is 6.92 Å². The maximum atomic E-state index is 5.47. The van der Waals surface area contributed by atoms with Gasteiger partial charge in [-0.3, -0.25) is 0 Å². The Bertz CT molecular complexity index is 185. The highest BCUT2D eigenvalue weighted by molar-refractivity contribution is 4.92. The van der Waals surface area contributed by atoms with Crippen LogP contribution >= 0.6 is 0 Å². The van der Waals surface area contributed by atoms with E-state index in [1.165, 1.54) is 0 Å². The summed E-state index contributed by atoms with van der Waals surface area (Å²) in [4.78, 5) is 0. The Morgan fingerprint density at radius 1 is 1.69 bits per heavy atom. The smallest absolute Gasteiger partial charge is 0.0700 e. The average molecular weight is 181 g/mol. The zero-order chi connectivity index (χ0) is 9.68. The number of terminal acetylenes is 1. The summed E-state index contributed by atoms with van der Waals surface area (Å²) >= 11 is 0. The molecule has 0 radical (unpaired) electrons. The van der Waals surface area contributed by atoms with Crippen molar-refractivity contribution >= 4 is 0 Å². The van der Waals surface area contributed by atoms with E-state index in [2.05, 4.69) is 25.1 Å². The minimum absolute atomic E-state index is 0.340. The van der Waals surface area contributed by atoms with Crippen LogP contribution in [-0.4, -0.2) is 24.8 Å². The van der Waals surface area contributed by atoms with E-state index in [1.54, 1.807) is 0 Å². The van der Waals surface area contributed by atoms with E-state index in [0.29, 0.717) is 18.2 Å². The van der Waals surface area contributed by atoms with Gasteiger partial charge >= 0.3 is 0 Å². The van der Waals surface area contributed by atoms with Gasteiger partial charge in [-0.05, 0) is 19.8 Å². The first kappa shape index (κ1) is 10.6. The Morgan fingerprint density at radius 2 is 2.46 bits per heavy atom. The lowest BCUT2D eigenvalue weighted by Crippen LogP contribution is -2.41. The second-order valence-electron chi connectivity index (χ2n) is 3.65. The van der Waals surface area contributed by atoms with Gasteiger partial charge in [-0.25, -0.2) is 0 Å². The van der Waals surface area contributed by atoms with Gasteiger partial charge in [0.25, 0.3) is 0 Å². The van der Waals surface area contributed by atoms with Gasteiger partial charge in [-0.15, -0.1) is 12.3 Å². The predicted octanol–water partition coefficient (Wildman–Crippen LogP) is 1.56. The molecule has 3 atom stereocenters. The van der Waals surface area contributed by atoms with Crippen LogP contribution in [0.2, 0.25) is 0 Å². The molecule has 0 aromatic rings. The predicted molar refractivity (Wildman–Crippen MR) is 54.5 cm³/mol. The second-order valence-corrected chi connectivity index (χ2v) is 3.65. The fraction of sp³-hybridized carbons (Fsp3) is 0.818. The van der Waals surface area contributed by atoms with Crippen LogP contribution in [0.3, 0.4) is 0 Å². The molecule has 13 heavy (non-hydrogen) atoms. The third-order valence-corrected chi connectivity index (χ3v) is 2.68. The largest absolute Gasteiger partial charge is 0.377 e. The van der Waals surface area contributed by atoms with Crippen LogP contribution in [0.4, 0.5) is 0 Å². The molecule has 1 fully saturated rings. The van der Waals surface area contributed by atoms with E-state index in [9.17, 15) is 0 Å². The first-order valence-corrected chi connectivity index (χ1v) is 5.09. The van der Waals surface area contributed by atoms with Crippen molar-refractivity contribution in [1.82, 2.24) is 5.32 Å². The van der Waals surface area contributed by atoms with Crippen LogP contribution in [0, 0.1) is 12.3 Å². The quantitative estimate of drug-likeness (QED) is 0.664. The zero-order valence-corrected chi connectivity index (χ0v) is 8.55. The molecule has 3 unspecified atom stereocenters. The molecular weight excluding hydrogens is 162 g/mol. The number of nitrogens with one attached hydrogen (secondary N) is 1. The Kier molecular flexibility index (Phi) is 4.27. The van der Waals surface area contributed by atoms with Crippen LogP contribution < -0.4 is 5.32 Å². The van der Waals surface area contributed by atoms with Crippen LogP contribution in [0.15, 0.2) is 0 Å². The number of ether oxygens (including phenoxy) is 1. The van der Waals surface area contributed by atoms with Gasteiger partial charge in [0.05, 0.1) is 6.10 Å². The fourth-order valence-electron chi connectivity index (χ4n) is 1.72. The first-order valence-electron chi connectivity index (χ1n) is 5.09. The highest BCUT2D eigenvalue weighted by atomic mass is 16.5. The average Bonchev–Trinajstić information content (AvgIpc) is 2.51. The van der Waals surface area contributed by atoms with Crippen molar-refractivity contribution < 1.29 is 4.74 Å². The second kappa shape index (κ2) is 5.26. The maximum Gasteiger partial charge on any atom is 0.0700 e. The molecule has 1 saturated heterocycles. The molecule has 2 nitrogen and oxygen atoms in total. The lowest BCUT2D eigenvalue weighted by molar-refractivity contribution is 0.111. The monoisotopic (exact) mass is 181 g/mol. The van der Waals surface area contributed by atoms with E-state index < -0.39 is 0 Å². The summed E-state index contributed by atoms with van der Waals surface area (Å²) in [7, 11) is 0. The molecule has 0 amide bonds. The zero-order valence-electron chi connectivity index (χ0n) is 8.55. The molecule has 0 saturated carbocycles. The van der Waals surface area contributed by atoms with Crippen LogP contribution in [0.5, 0.6) is 0 Å². The van der Waals surface area contributed by atoms with Gasteiger partial charge in [-0.2, -0.15) is 0 Å². The van der Waals surface area contributed by atoms with Crippen molar-refractivity contribution in [2.75, 3.05) is 6.61 Å².